The molecule has 14 heavy (non-hydrogen) atoms. The minimum atomic E-state index is -0.354. The van der Waals surface area contributed by atoms with Crippen molar-refractivity contribution < 1.29 is 30.6 Å². The first kappa shape index (κ1) is 15.6. The van der Waals surface area contributed by atoms with Gasteiger partial charge in [0.1, 0.15) is 0 Å². The van der Waals surface area contributed by atoms with Crippen LogP contribution in [0.2, 0.25) is 0 Å². The van der Waals surface area contributed by atoms with Crippen LogP contribution in [0.5, 0.6) is 0 Å². The fraction of sp³-hybridized carbons (Fsp3) is 0.0909. The van der Waals surface area contributed by atoms with Crippen molar-refractivity contribution in [1.82, 2.24) is 0 Å². The van der Waals surface area contributed by atoms with Crippen LogP contribution >= 0.6 is 0 Å². The summed E-state index contributed by atoms with van der Waals surface area (Å²) in [6.07, 6.45) is 3.03. The third-order valence-electron chi connectivity index (χ3n) is 1.33. The van der Waals surface area contributed by atoms with E-state index in [0.717, 1.165) is 5.56 Å². The molecule has 0 heterocycles. The van der Waals surface area contributed by atoms with Gasteiger partial charge in [-0.05, 0) is 6.08 Å². The van der Waals surface area contributed by atoms with Crippen LogP contribution in [0.4, 0.5) is 0 Å². The second-order valence-electron chi connectivity index (χ2n) is 2.17. The Bertz CT molecular complexity index is 281. The molecular formula is C11H12O2W. The Morgan fingerprint density at radius 3 is 2.71 bits per heavy atom. The van der Waals surface area contributed by atoms with Gasteiger partial charge in [-0.15, -0.1) is 36.4 Å². The van der Waals surface area contributed by atoms with E-state index in [1.165, 1.54) is 13.2 Å². The molecule has 0 amide bonds. The standard InChI is InChI=1S/C10H9O2.CH3.W/c1-12-10(11)8-7-9-5-3-2-4-6-9;;/h2-5,7-8H,1H3;1H3;/q2*-1;+2/b8-7+;;. The Balaban J connectivity index is 0. The summed E-state index contributed by atoms with van der Waals surface area (Å²) in [7, 11) is 1.35. The van der Waals surface area contributed by atoms with Gasteiger partial charge in [-0.3, -0.25) is 0 Å². The average Bonchev–Trinajstić information content (AvgIpc) is 2.16. The number of rotatable bonds is 2. The number of benzene rings is 1. The minimum absolute atomic E-state index is 0. The largest absolute Gasteiger partial charge is 2.00 e. The van der Waals surface area contributed by atoms with Gasteiger partial charge in [-0.2, -0.15) is 5.56 Å². The van der Waals surface area contributed by atoms with Crippen LogP contribution in [0.25, 0.3) is 6.08 Å². The van der Waals surface area contributed by atoms with Crippen LogP contribution in [-0.2, 0) is 30.6 Å². The van der Waals surface area contributed by atoms with Crippen molar-refractivity contribution in [2.75, 3.05) is 7.11 Å². The Labute approximate surface area is 99.2 Å². The van der Waals surface area contributed by atoms with Gasteiger partial charge in [0.2, 0.25) is 0 Å². The zero-order valence-corrected chi connectivity index (χ0v) is 11.1. The van der Waals surface area contributed by atoms with Crippen molar-refractivity contribution >= 4 is 12.0 Å². The van der Waals surface area contributed by atoms with E-state index in [0.29, 0.717) is 0 Å². The number of carbonyl (C=O) groups is 1. The molecule has 3 heteroatoms. The van der Waals surface area contributed by atoms with Crippen LogP contribution < -0.4 is 0 Å². The molecule has 0 aromatic heterocycles. The molecule has 0 aliphatic heterocycles. The summed E-state index contributed by atoms with van der Waals surface area (Å²) in [5.74, 6) is -0.354. The smallest absolute Gasteiger partial charge is 0.466 e. The predicted octanol–water partition coefficient (Wildman–Crippen LogP) is 2.12. The summed E-state index contributed by atoms with van der Waals surface area (Å²) < 4.78 is 4.43. The number of ether oxygens (including phenoxy) is 1. The molecule has 0 radical (unpaired) electrons. The molecule has 0 aliphatic rings. The Morgan fingerprint density at radius 1 is 1.50 bits per heavy atom. The van der Waals surface area contributed by atoms with Crippen LogP contribution in [0.15, 0.2) is 30.3 Å². The van der Waals surface area contributed by atoms with E-state index >= 15 is 0 Å². The van der Waals surface area contributed by atoms with E-state index in [1.807, 2.05) is 18.2 Å². The molecule has 2 nitrogen and oxygen atoms in total. The first-order valence-corrected chi connectivity index (χ1v) is 3.55. The summed E-state index contributed by atoms with van der Waals surface area (Å²) in [5, 5.41) is 0. The summed E-state index contributed by atoms with van der Waals surface area (Å²) in [6.45, 7) is 0. The molecular weight excluding hydrogens is 348 g/mol. The molecule has 1 aromatic rings. The summed E-state index contributed by atoms with van der Waals surface area (Å²) >= 11 is 0. The summed E-state index contributed by atoms with van der Waals surface area (Å²) in [5.41, 5.74) is 0.864. The molecule has 0 spiro atoms. The molecule has 1 aromatic carbocycles. The Morgan fingerprint density at radius 2 is 2.21 bits per heavy atom. The molecule has 1 rings (SSSR count). The maximum absolute atomic E-state index is 10.7. The summed E-state index contributed by atoms with van der Waals surface area (Å²) in [6, 6.07) is 10.4. The van der Waals surface area contributed by atoms with E-state index in [2.05, 4.69) is 10.8 Å². The van der Waals surface area contributed by atoms with Gasteiger partial charge in [0, 0.05) is 0 Å². The minimum Gasteiger partial charge on any atom is -0.466 e. The van der Waals surface area contributed by atoms with Crippen molar-refractivity contribution in [3.05, 3.63) is 49.4 Å². The van der Waals surface area contributed by atoms with Crippen molar-refractivity contribution in [2.45, 2.75) is 0 Å². The van der Waals surface area contributed by atoms with E-state index < -0.39 is 0 Å². The van der Waals surface area contributed by atoms with Crippen LogP contribution in [0, 0.1) is 13.5 Å². The fourth-order valence-electron chi connectivity index (χ4n) is 0.737. The van der Waals surface area contributed by atoms with Gasteiger partial charge >= 0.3 is 27.0 Å². The van der Waals surface area contributed by atoms with Crippen molar-refractivity contribution in [3.8, 4) is 0 Å². The second-order valence-corrected chi connectivity index (χ2v) is 2.17. The van der Waals surface area contributed by atoms with E-state index in [-0.39, 0.29) is 34.5 Å². The normalized spacial score (nSPS) is 8.64. The molecule has 0 N–H and O–H groups in total. The third-order valence-corrected chi connectivity index (χ3v) is 1.33. The topological polar surface area (TPSA) is 26.3 Å². The van der Waals surface area contributed by atoms with Gasteiger partial charge in [0.25, 0.3) is 0 Å². The van der Waals surface area contributed by atoms with Crippen molar-refractivity contribution in [3.63, 3.8) is 0 Å². The molecule has 0 fully saturated rings. The number of esters is 1. The van der Waals surface area contributed by atoms with Crippen molar-refractivity contribution in [1.29, 1.82) is 0 Å². The van der Waals surface area contributed by atoms with Gasteiger partial charge in [0.15, 0.2) is 0 Å². The average molecular weight is 360 g/mol. The van der Waals surface area contributed by atoms with E-state index in [9.17, 15) is 4.79 Å². The first-order chi connectivity index (χ1) is 5.83. The molecule has 0 bridgehead atoms. The van der Waals surface area contributed by atoms with Crippen LogP contribution in [0.1, 0.15) is 5.56 Å². The molecule has 0 aliphatic carbocycles. The van der Waals surface area contributed by atoms with Gasteiger partial charge in [0.05, 0.1) is 7.11 Å². The number of hydrogen-bond donors (Lipinski definition) is 0. The predicted molar refractivity (Wildman–Crippen MR) is 52.7 cm³/mol. The summed E-state index contributed by atoms with van der Waals surface area (Å²) in [4.78, 5) is 10.7. The Hall–Kier alpha value is -0.882. The number of carbonyl (C=O) groups excluding carboxylic acids is 1. The SMILES string of the molecule is COC(=O)/C=C/c1[c-]cccc1.[CH3-].[W+2]. The molecule has 0 atom stereocenters. The quantitative estimate of drug-likeness (QED) is 0.459. The monoisotopic (exact) mass is 360 g/mol. The number of hydrogen-bond acceptors (Lipinski definition) is 2. The van der Waals surface area contributed by atoms with Crippen LogP contribution in [-0.4, -0.2) is 13.1 Å². The van der Waals surface area contributed by atoms with E-state index in [1.54, 1.807) is 12.1 Å². The number of methoxy groups -OCH3 is 1. The van der Waals surface area contributed by atoms with Gasteiger partial charge < -0.3 is 12.2 Å². The molecule has 74 valence electrons. The Kier molecular flexibility index (Phi) is 9.69. The van der Waals surface area contributed by atoms with Gasteiger partial charge in [-0.25, -0.2) is 4.79 Å². The zero-order chi connectivity index (χ0) is 8.81. The van der Waals surface area contributed by atoms with Crippen molar-refractivity contribution in [2.24, 2.45) is 0 Å². The maximum Gasteiger partial charge on any atom is 2.00 e. The maximum atomic E-state index is 10.7. The van der Waals surface area contributed by atoms with E-state index in [4.69, 9.17) is 0 Å². The first-order valence-electron chi connectivity index (χ1n) is 3.55. The molecule has 0 saturated carbocycles. The molecule has 0 saturated heterocycles. The third kappa shape index (κ3) is 5.71. The fourth-order valence-corrected chi connectivity index (χ4v) is 0.737. The molecule has 0 unspecified atom stereocenters. The van der Waals surface area contributed by atoms with Gasteiger partial charge in [-0.1, -0.05) is 0 Å². The second kappa shape index (κ2) is 8.70. The van der Waals surface area contributed by atoms with Crippen LogP contribution in [0.3, 0.4) is 0 Å². The zero-order valence-electron chi connectivity index (χ0n) is 8.19.